The fourth-order valence-corrected chi connectivity index (χ4v) is 3.32. The second-order valence-corrected chi connectivity index (χ2v) is 6.80. The Labute approximate surface area is 156 Å². The number of nitrogens with one attached hydrogen (secondary N) is 1. The highest BCUT2D eigenvalue weighted by atomic mass is 16.3. The molecule has 27 heavy (non-hydrogen) atoms. The first-order chi connectivity index (χ1) is 13.2. The highest BCUT2D eigenvalue weighted by Gasteiger charge is 2.36. The Balaban J connectivity index is 1.46. The van der Waals surface area contributed by atoms with Crippen LogP contribution < -0.4 is 5.32 Å². The van der Waals surface area contributed by atoms with Gasteiger partial charge >= 0.3 is 0 Å². The third-order valence-electron chi connectivity index (χ3n) is 4.87. The summed E-state index contributed by atoms with van der Waals surface area (Å²) in [6.45, 7) is 0.547. The van der Waals surface area contributed by atoms with Crippen molar-refractivity contribution in [1.82, 2.24) is 30.5 Å². The minimum absolute atomic E-state index is 0.152. The number of aliphatic hydroxyl groups is 1. The van der Waals surface area contributed by atoms with Gasteiger partial charge in [-0.2, -0.15) is 0 Å². The van der Waals surface area contributed by atoms with E-state index in [4.69, 9.17) is 0 Å². The second-order valence-electron chi connectivity index (χ2n) is 6.80. The van der Waals surface area contributed by atoms with Crippen molar-refractivity contribution in [3.63, 3.8) is 0 Å². The van der Waals surface area contributed by atoms with E-state index in [1.165, 1.54) is 0 Å². The Morgan fingerprint density at radius 1 is 1.22 bits per heavy atom. The van der Waals surface area contributed by atoms with Gasteiger partial charge in [0.2, 0.25) is 0 Å². The zero-order valence-corrected chi connectivity index (χ0v) is 14.6. The standard InChI is InChI=1S/C19H20N6O2/c26-16-9-15(10-16)18(17-3-1-2-8-20-17)22-19(27)14-6-4-13(5-7-14)11-25-12-21-23-24-25/h1-8,12,15-16,18,26H,9-11H2,(H,22,27)/t15?,16?,18-/m0/s1. The molecule has 2 aromatic heterocycles. The van der Waals surface area contributed by atoms with Gasteiger partial charge in [-0.3, -0.25) is 9.78 Å². The summed E-state index contributed by atoms with van der Waals surface area (Å²) >= 11 is 0. The Kier molecular flexibility index (Phi) is 4.88. The number of benzene rings is 1. The monoisotopic (exact) mass is 364 g/mol. The maximum absolute atomic E-state index is 12.7. The van der Waals surface area contributed by atoms with Gasteiger partial charge in [0.05, 0.1) is 24.4 Å². The number of amides is 1. The number of aliphatic hydroxyl groups excluding tert-OH is 1. The van der Waals surface area contributed by atoms with Crippen LogP contribution in [0.2, 0.25) is 0 Å². The molecule has 0 aliphatic heterocycles. The molecule has 1 aliphatic carbocycles. The largest absolute Gasteiger partial charge is 0.393 e. The Hall–Kier alpha value is -3.13. The van der Waals surface area contributed by atoms with Crippen LogP contribution in [0.4, 0.5) is 0 Å². The number of rotatable bonds is 6. The van der Waals surface area contributed by atoms with Crippen LogP contribution >= 0.6 is 0 Å². The van der Waals surface area contributed by atoms with Gasteiger partial charge in [0.1, 0.15) is 6.33 Å². The second kappa shape index (κ2) is 7.63. The van der Waals surface area contributed by atoms with Crippen molar-refractivity contribution in [3.05, 3.63) is 71.8 Å². The van der Waals surface area contributed by atoms with Crippen molar-refractivity contribution >= 4 is 5.91 Å². The van der Waals surface area contributed by atoms with Gasteiger partial charge in [-0.1, -0.05) is 18.2 Å². The van der Waals surface area contributed by atoms with Crippen LogP contribution in [0.3, 0.4) is 0 Å². The maximum atomic E-state index is 12.7. The number of hydrogen-bond donors (Lipinski definition) is 2. The lowest BCUT2D eigenvalue weighted by atomic mass is 9.76. The number of hydrogen-bond acceptors (Lipinski definition) is 6. The van der Waals surface area contributed by atoms with Crippen molar-refractivity contribution < 1.29 is 9.90 Å². The van der Waals surface area contributed by atoms with Gasteiger partial charge in [-0.05, 0) is 59.0 Å². The molecule has 1 fully saturated rings. The predicted molar refractivity (Wildman–Crippen MR) is 96.5 cm³/mol. The average Bonchev–Trinajstić information content (AvgIpc) is 3.18. The molecule has 1 atom stereocenters. The topological polar surface area (TPSA) is 106 Å². The van der Waals surface area contributed by atoms with Crippen molar-refractivity contribution in [2.45, 2.75) is 31.5 Å². The highest BCUT2D eigenvalue weighted by molar-refractivity contribution is 5.94. The number of carbonyl (C=O) groups is 1. The number of tetrazole rings is 1. The van der Waals surface area contributed by atoms with Crippen LogP contribution in [0, 0.1) is 5.92 Å². The van der Waals surface area contributed by atoms with E-state index in [1.807, 2.05) is 30.3 Å². The van der Waals surface area contributed by atoms with E-state index < -0.39 is 0 Å². The third kappa shape index (κ3) is 4.01. The Bertz CT molecular complexity index is 876. The molecule has 1 amide bonds. The lowest BCUT2D eigenvalue weighted by molar-refractivity contribution is 0.0228. The van der Waals surface area contributed by atoms with Crippen molar-refractivity contribution in [1.29, 1.82) is 0 Å². The molecule has 2 heterocycles. The predicted octanol–water partition coefficient (Wildman–Crippen LogP) is 1.36. The smallest absolute Gasteiger partial charge is 0.251 e. The fraction of sp³-hybridized carbons (Fsp3) is 0.316. The highest BCUT2D eigenvalue weighted by Crippen LogP contribution is 2.37. The lowest BCUT2D eigenvalue weighted by Gasteiger charge is -2.37. The van der Waals surface area contributed by atoms with Crippen LogP contribution in [0.1, 0.15) is 40.5 Å². The lowest BCUT2D eigenvalue weighted by Crippen LogP contribution is -2.41. The molecule has 4 rings (SSSR count). The molecule has 1 saturated carbocycles. The third-order valence-corrected chi connectivity index (χ3v) is 4.87. The van der Waals surface area contributed by atoms with Crippen LogP contribution in [0.25, 0.3) is 0 Å². The van der Waals surface area contributed by atoms with Crippen LogP contribution in [-0.2, 0) is 6.54 Å². The van der Waals surface area contributed by atoms with Crippen LogP contribution in [-0.4, -0.2) is 42.3 Å². The van der Waals surface area contributed by atoms with Gasteiger partial charge in [0.15, 0.2) is 0 Å². The summed E-state index contributed by atoms with van der Waals surface area (Å²) in [4.78, 5) is 17.1. The molecule has 8 nitrogen and oxygen atoms in total. The van der Waals surface area contributed by atoms with Crippen molar-refractivity contribution in [2.75, 3.05) is 0 Å². The molecule has 0 unspecified atom stereocenters. The van der Waals surface area contributed by atoms with Crippen LogP contribution in [0.15, 0.2) is 55.0 Å². The van der Waals surface area contributed by atoms with Gasteiger partial charge in [0, 0.05) is 11.8 Å². The molecule has 138 valence electrons. The minimum Gasteiger partial charge on any atom is -0.393 e. The van der Waals surface area contributed by atoms with Crippen molar-refractivity contribution in [3.8, 4) is 0 Å². The van der Waals surface area contributed by atoms with E-state index in [9.17, 15) is 9.90 Å². The average molecular weight is 364 g/mol. The van der Waals surface area contributed by atoms with Gasteiger partial charge in [-0.25, -0.2) is 4.68 Å². The van der Waals surface area contributed by atoms with Crippen molar-refractivity contribution in [2.24, 2.45) is 5.92 Å². The molecule has 8 heteroatoms. The number of pyridine rings is 1. The van der Waals surface area contributed by atoms with E-state index in [0.717, 1.165) is 11.3 Å². The SMILES string of the molecule is O=C(N[C@H](c1ccccn1)C1CC(O)C1)c1ccc(Cn2cnnn2)cc1. The zero-order chi connectivity index (χ0) is 18.6. The number of carbonyl (C=O) groups excluding carboxylic acids is 1. The van der Waals surface area contributed by atoms with E-state index in [2.05, 4.69) is 25.8 Å². The summed E-state index contributed by atoms with van der Waals surface area (Å²) in [6.07, 6.45) is 4.32. The number of nitrogens with zero attached hydrogens (tertiary/aromatic N) is 5. The molecule has 0 spiro atoms. The number of aromatic nitrogens is 5. The molecule has 0 bridgehead atoms. The summed E-state index contributed by atoms with van der Waals surface area (Å²) in [6, 6.07) is 12.8. The molecule has 0 radical (unpaired) electrons. The first-order valence-corrected chi connectivity index (χ1v) is 8.88. The zero-order valence-electron chi connectivity index (χ0n) is 14.6. The molecule has 2 N–H and O–H groups in total. The molecular formula is C19H20N6O2. The van der Waals surface area contributed by atoms with Gasteiger partial charge in [-0.15, -0.1) is 5.10 Å². The minimum atomic E-state index is -0.288. The van der Waals surface area contributed by atoms with Gasteiger partial charge < -0.3 is 10.4 Å². The molecular weight excluding hydrogens is 344 g/mol. The fourth-order valence-electron chi connectivity index (χ4n) is 3.32. The van der Waals surface area contributed by atoms with Crippen LogP contribution in [0.5, 0.6) is 0 Å². The van der Waals surface area contributed by atoms with E-state index >= 15 is 0 Å². The normalized spacial score (nSPS) is 19.9. The first kappa shape index (κ1) is 17.3. The molecule has 1 aliphatic rings. The summed E-state index contributed by atoms with van der Waals surface area (Å²) in [5.74, 6) is 0.0407. The van der Waals surface area contributed by atoms with E-state index in [0.29, 0.717) is 24.9 Å². The quantitative estimate of drug-likeness (QED) is 0.684. The summed E-state index contributed by atoms with van der Waals surface area (Å²) < 4.78 is 1.62. The maximum Gasteiger partial charge on any atom is 0.251 e. The first-order valence-electron chi connectivity index (χ1n) is 8.88. The molecule has 3 aromatic rings. The van der Waals surface area contributed by atoms with E-state index in [-0.39, 0.29) is 24.0 Å². The summed E-state index contributed by atoms with van der Waals surface area (Å²) in [7, 11) is 0. The molecule has 0 saturated heterocycles. The Morgan fingerprint density at radius 2 is 2.04 bits per heavy atom. The Morgan fingerprint density at radius 3 is 2.67 bits per heavy atom. The molecule has 1 aromatic carbocycles. The summed E-state index contributed by atoms with van der Waals surface area (Å²) in [5.41, 5.74) is 2.40. The summed E-state index contributed by atoms with van der Waals surface area (Å²) in [5, 5.41) is 23.8. The van der Waals surface area contributed by atoms with E-state index in [1.54, 1.807) is 29.3 Å². The van der Waals surface area contributed by atoms with Gasteiger partial charge in [0.25, 0.3) is 5.91 Å².